The molecule has 1 aliphatic rings. The molecule has 5 nitrogen and oxygen atoms in total. The minimum absolute atomic E-state index is 0.0350. The van der Waals surface area contributed by atoms with Crippen LogP contribution in [0.2, 0.25) is 0 Å². The Kier molecular flexibility index (Phi) is 3.72. The highest BCUT2D eigenvalue weighted by molar-refractivity contribution is 5.98. The predicted octanol–water partition coefficient (Wildman–Crippen LogP) is 2.26. The molecule has 1 fully saturated rings. The first-order valence-electron chi connectivity index (χ1n) is 6.06. The van der Waals surface area contributed by atoms with Gasteiger partial charge in [0.05, 0.1) is 11.5 Å². The quantitative estimate of drug-likeness (QED) is 0.455. The van der Waals surface area contributed by atoms with E-state index in [-0.39, 0.29) is 11.5 Å². The van der Waals surface area contributed by atoms with Crippen molar-refractivity contribution >= 4 is 11.5 Å². The lowest BCUT2D eigenvalue weighted by Crippen LogP contribution is -2.40. The van der Waals surface area contributed by atoms with E-state index in [1.54, 1.807) is 12.1 Å². The maximum Gasteiger partial charge on any atom is 0.270 e. The number of nitrogens with zero attached hydrogens (tertiary/aromatic N) is 2. The predicted molar refractivity (Wildman–Crippen MR) is 67.7 cm³/mol. The smallest absolute Gasteiger partial charge is 0.270 e. The molecule has 0 aromatic heterocycles. The van der Waals surface area contributed by atoms with Crippen LogP contribution in [0.3, 0.4) is 0 Å². The lowest BCUT2D eigenvalue weighted by atomic mass is 9.91. The van der Waals surface area contributed by atoms with Crippen LogP contribution in [0.5, 0.6) is 0 Å². The van der Waals surface area contributed by atoms with Crippen LogP contribution in [-0.4, -0.2) is 35.2 Å². The largest absolute Gasteiger partial charge is 0.296 e. The SMILES string of the molecule is CN(CC(=O)c1cccc([N+](=O)[O-])c1)C1CCC1. The summed E-state index contributed by atoms with van der Waals surface area (Å²) in [6.07, 6.45) is 3.50. The molecule has 0 heterocycles. The van der Waals surface area contributed by atoms with Gasteiger partial charge in [0.1, 0.15) is 0 Å². The fourth-order valence-corrected chi connectivity index (χ4v) is 2.07. The van der Waals surface area contributed by atoms with Gasteiger partial charge in [0.2, 0.25) is 0 Å². The Balaban J connectivity index is 2.03. The molecule has 1 saturated carbocycles. The lowest BCUT2D eigenvalue weighted by Gasteiger charge is -2.34. The summed E-state index contributed by atoms with van der Waals surface area (Å²) in [5.41, 5.74) is 0.377. The van der Waals surface area contributed by atoms with Gasteiger partial charge in [0.15, 0.2) is 5.78 Å². The molecule has 0 atom stereocenters. The van der Waals surface area contributed by atoms with E-state index < -0.39 is 4.92 Å². The molecule has 96 valence electrons. The molecule has 5 heteroatoms. The number of ketones is 1. The number of carbonyl (C=O) groups is 1. The Morgan fingerprint density at radius 2 is 2.22 bits per heavy atom. The van der Waals surface area contributed by atoms with Crippen molar-refractivity contribution in [2.24, 2.45) is 0 Å². The summed E-state index contributed by atoms with van der Waals surface area (Å²) in [6.45, 7) is 0.325. The van der Waals surface area contributed by atoms with E-state index in [9.17, 15) is 14.9 Å². The third-order valence-electron chi connectivity index (χ3n) is 3.47. The van der Waals surface area contributed by atoms with Gasteiger partial charge in [-0.1, -0.05) is 18.6 Å². The van der Waals surface area contributed by atoms with Crippen molar-refractivity contribution in [1.29, 1.82) is 0 Å². The molecule has 18 heavy (non-hydrogen) atoms. The van der Waals surface area contributed by atoms with Crippen LogP contribution in [0.25, 0.3) is 0 Å². The molecule has 0 amide bonds. The summed E-state index contributed by atoms with van der Waals surface area (Å²) >= 11 is 0. The molecule has 1 aromatic carbocycles. The van der Waals surface area contributed by atoms with Crippen LogP contribution in [-0.2, 0) is 0 Å². The van der Waals surface area contributed by atoms with Gasteiger partial charge in [-0.2, -0.15) is 0 Å². The Hall–Kier alpha value is -1.75. The number of hydrogen-bond acceptors (Lipinski definition) is 4. The average molecular weight is 248 g/mol. The van der Waals surface area contributed by atoms with Gasteiger partial charge in [-0.15, -0.1) is 0 Å². The fraction of sp³-hybridized carbons (Fsp3) is 0.462. The molecule has 1 aliphatic carbocycles. The molecule has 1 aromatic rings. The molecule has 0 unspecified atom stereocenters. The third kappa shape index (κ3) is 2.73. The Morgan fingerprint density at radius 3 is 2.78 bits per heavy atom. The van der Waals surface area contributed by atoms with Gasteiger partial charge in [-0.25, -0.2) is 0 Å². The number of likely N-dealkylation sites (N-methyl/N-ethyl adjacent to an activating group) is 1. The van der Waals surface area contributed by atoms with Crippen LogP contribution in [0.15, 0.2) is 24.3 Å². The summed E-state index contributed by atoms with van der Waals surface area (Å²) in [5.74, 6) is -0.0619. The Labute approximate surface area is 106 Å². The van der Waals surface area contributed by atoms with Gasteiger partial charge in [-0.3, -0.25) is 19.8 Å². The van der Waals surface area contributed by atoms with E-state index in [2.05, 4.69) is 0 Å². The molecule has 0 N–H and O–H groups in total. The zero-order chi connectivity index (χ0) is 13.1. The second-order valence-electron chi connectivity index (χ2n) is 4.73. The zero-order valence-corrected chi connectivity index (χ0v) is 10.3. The van der Waals surface area contributed by atoms with Crippen LogP contribution in [0.4, 0.5) is 5.69 Å². The molecule has 0 radical (unpaired) electrons. The van der Waals surface area contributed by atoms with Crippen LogP contribution in [0.1, 0.15) is 29.6 Å². The minimum Gasteiger partial charge on any atom is -0.296 e. The molecule has 0 aliphatic heterocycles. The molecule has 0 bridgehead atoms. The number of Topliss-reactive ketones (excluding diaryl/α,β-unsaturated/α-hetero) is 1. The van der Waals surface area contributed by atoms with Gasteiger partial charge >= 0.3 is 0 Å². The highest BCUT2D eigenvalue weighted by atomic mass is 16.6. The number of rotatable bonds is 5. The minimum atomic E-state index is -0.480. The monoisotopic (exact) mass is 248 g/mol. The van der Waals surface area contributed by atoms with Crippen molar-refractivity contribution in [2.75, 3.05) is 13.6 Å². The van der Waals surface area contributed by atoms with Gasteiger partial charge in [0, 0.05) is 23.7 Å². The second kappa shape index (κ2) is 5.27. The van der Waals surface area contributed by atoms with E-state index in [4.69, 9.17) is 0 Å². The molecular weight excluding hydrogens is 232 g/mol. The summed E-state index contributed by atoms with van der Waals surface area (Å²) in [4.78, 5) is 24.2. The first-order chi connectivity index (χ1) is 8.58. The normalized spacial score (nSPS) is 15.4. The Bertz CT molecular complexity index is 469. The summed E-state index contributed by atoms with van der Waals surface area (Å²) in [5, 5.41) is 10.6. The highest BCUT2D eigenvalue weighted by Crippen LogP contribution is 2.23. The van der Waals surface area contributed by atoms with Crippen LogP contribution >= 0.6 is 0 Å². The van der Waals surface area contributed by atoms with E-state index in [1.165, 1.54) is 18.6 Å². The van der Waals surface area contributed by atoms with Gasteiger partial charge < -0.3 is 0 Å². The van der Waals surface area contributed by atoms with Crippen molar-refractivity contribution in [3.05, 3.63) is 39.9 Å². The standard InChI is InChI=1S/C13H16N2O3/c1-14(11-5-3-6-11)9-13(16)10-4-2-7-12(8-10)15(17)18/h2,4,7-8,11H,3,5-6,9H2,1H3. The average Bonchev–Trinajstić information content (AvgIpc) is 2.26. The topological polar surface area (TPSA) is 63.5 Å². The van der Waals surface area contributed by atoms with Crippen molar-refractivity contribution < 1.29 is 9.72 Å². The maximum atomic E-state index is 12.0. The number of nitro groups is 1. The van der Waals surface area contributed by atoms with Crippen LogP contribution in [0, 0.1) is 10.1 Å². The first kappa shape index (κ1) is 12.7. The molecule has 0 saturated heterocycles. The highest BCUT2D eigenvalue weighted by Gasteiger charge is 2.24. The second-order valence-corrected chi connectivity index (χ2v) is 4.73. The first-order valence-corrected chi connectivity index (χ1v) is 6.06. The summed E-state index contributed by atoms with van der Waals surface area (Å²) < 4.78 is 0. The Morgan fingerprint density at radius 1 is 1.50 bits per heavy atom. The van der Waals surface area contributed by atoms with Crippen molar-refractivity contribution in [2.45, 2.75) is 25.3 Å². The third-order valence-corrected chi connectivity index (χ3v) is 3.47. The number of carbonyl (C=O) groups excluding carboxylic acids is 1. The van der Waals surface area contributed by atoms with E-state index >= 15 is 0 Å². The zero-order valence-electron chi connectivity index (χ0n) is 10.3. The summed E-state index contributed by atoms with van der Waals surface area (Å²) in [6, 6.07) is 6.41. The van der Waals surface area contributed by atoms with Crippen molar-refractivity contribution in [3.8, 4) is 0 Å². The van der Waals surface area contributed by atoms with Crippen molar-refractivity contribution in [3.63, 3.8) is 0 Å². The molecule has 0 spiro atoms. The van der Waals surface area contributed by atoms with Gasteiger partial charge in [-0.05, 0) is 19.9 Å². The summed E-state index contributed by atoms with van der Waals surface area (Å²) in [7, 11) is 1.93. The van der Waals surface area contributed by atoms with Crippen LogP contribution < -0.4 is 0 Å². The lowest BCUT2D eigenvalue weighted by molar-refractivity contribution is -0.384. The molecular formula is C13H16N2O3. The maximum absolute atomic E-state index is 12.0. The number of hydrogen-bond donors (Lipinski definition) is 0. The van der Waals surface area contributed by atoms with E-state index in [0.29, 0.717) is 18.2 Å². The van der Waals surface area contributed by atoms with Gasteiger partial charge in [0.25, 0.3) is 5.69 Å². The number of benzene rings is 1. The van der Waals surface area contributed by atoms with E-state index in [1.807, 2.05) is 11.9 Å². The van der Waals surface area contributed by atoms with E-state index in [0.717, 1.165) is 12.8 Å². The van der Waals surface area contributed by atoms with Crippen molar-refractivity contribution in [1.82, 2.24) is 4.90 Å². The molecule has 2 rings (SSSR count). The fourth-order valence-electron chi connectivity index (χ4n) is 2.07. The number of non-ortho nitro benzene ring substituents is 1. The number of nitro benzene ring substituents is 1.